The zero-order valence-electron chi connectivity index (χ0n) is 14.5. The molecule has 0 spiro atoms. The summed E-state index contributed by atoms with van der Waals surface area (Å²) in [4.78, 5) is 39.0. The van der Waals surface area contributed by atoms with Gasteiger partial charge in [0.2, 0.25) is 0 Å². The highest BCUT2D eigenvalue weighted by atomic mass is 35.5. The van der Waals surface area contributed by atoms with Crippen LogP contribution in [-0.2, 0) is 0 Å². The van der Waals surface area contributed by atoms with E-state index in [4.69, 9.17) is 11.6 Å². The molecule has 1 aliphatic heterocycles. The molecule has 6 heteroatoms. The van der Waals surface area contributed by atoms with Gasteiger partial charge in [-0.2, -0.15) is 5.01 Å². The number of rotatable bonds is 3. The van der Waals surface area contributed by atoms with Crippen LogP contribution in [0.3, 0.4) is 0 Å². The lowest BCUT2D eigenvalue weighted by atomic mass is 10.0. The normalized spacial score (nSPS) is 13.2. The van der Waals surface area contributed by atoms with E-state index in [2.05, 4.69) is 0 Å². The van der Waals surface area contributed by atoms with Gasteiger partial charge in [-0.1, -0.05) is 54.1 Å². The monoisotopic (exact) mass is 378 g/mol. The number of nitrogens with zero attached hydrogens (tertiary/aromatic N) is 2. The highest BCUT2D eigenvalue weighted by molar-refractivity contribution is 6.38. The molecule has 0 saturated heterocycles. The molecule has 0 unspecified atom stereocenters. The molecule has 3 amide bonds. The number of benzene rings is 3. The Labute approximate surface area is 160 Å². The van der Waals surface area contributed by atoms with Crippen molar-refractivity contribution in [3.8, 4) is 0 Å². The van der Waals surface area contributed by atoms with Gasteiger partial charge in [0.1, 0.15) is 0 Å². The summed E-state index contributed by atoms with van der Waals surface area (Å²) in [7, 11) is 0. The minimum atomic E-state index is -0.547. The Morgan fingerprint density at radius 2 is 1.59 bits per heavy atom. The van der Waals surface area contributed by atoms with Crippen LogP contribution in [0, 0.1) is 0 Å². The van der Waals surface area contributed by atoms with Crippen LogP contribution in [0.15, 0.2) is 60.7 Å². The van der Waals surface area contributed by atoms with Crippen molar-refractivity contribution in [3.05, 3.63) is 82.4 Å². The number of fused-ring (bicyclic) bond motifs is 3. The number of hydrogen-bond acceptors (Lipinski definition) is 3. The fourth-order valence-corrected chi connectivity index (χ4v) is 3.64. The number of hydrazine groups is 1. The summed E-state index contributed by atoms with van der Waals surface area (Å²) in [5.41, 5.74) is 0.890. The molecule has 27 heavy (non-hydrogen) atoms. The van der Waals surface area contributed by atoms with Crippen LogP contribution in [0.25, 0.3) is 10.8 Å². The average molecular weight is 379 g/mol. The largest absolute Gasteiger partial charge is 0.281 e. The van der Waals surface area contributed by atoms with Crippen LogP contribution in [0.1, 0.15) is 38.0 Å². The molecule has 0 radical (unpaired) electrons. The number of carbonyl (C=O) groups excluding carboxylic acids is 3. The van der Waals surface area contributed by atoms with Gasteiger partial charge in [0.15, 0.2) is 0 Å². The van der Waals surface area contributed by atoms with Crippen molar-refractivity contribution in [1.82, 2.24) is 10.0 Å². The molecule has 4 rings (SSSR count). The molecule has 1 aliphatic rings. The third-order valence-corrected chi connectivity index (χ3v) is 4.93. The fraction of sp³-hybridized carbons (Fsp3) is 0.0952. The van der Waals surface area contributed by atoms with E-state index >= 15 is 0 Å². The summed E-state index contributed by atoms with van der Waals surface area (Å²) in [6, 6.07) is 17.2. The molecule has 134 valence electrons. The Hall–Kier alpha value is -3.18. The van der Waals surface area contributed by atoms with E-state index < -0.39 is 17.7 Å². The summed E-state index contributed by atoms with van der Waals surface area (Å²) >= 11 is 6.31. The number of amides is 3. The molecule has 3 aromatic rings. The third-order valence-electron chi connectivity index (χ3n) is 4.62. The van der Waals surface area contributed by atoms with Crippen LogP contribution >= 0.6 is 11.6 Å². The summed E-state index contributed by atoms with van der Waals surface area (Å²) < 4.78 is 0. The summed E-state index contributed by atoms with van der Waals surface area (Å²) in [5, 5.41) is 3.78. The summed E-state index contributed by atoms with van der Waals surface area (Å²) in [6.45, 7) is 1.89. The second-order valence-corrected chi connectivity index (χ2v) is 6.54. The maximum Gasteiger partial charge on any atom is 0.281 e. The topological polar surface area (TPSA) is 57.7 Å². The van der Waals surface area contributed by atoms with E-state index in [0.29, 0.717) is 21.4 Å². The summed E-state index contributed by atoms with van der Waals surface area (Å²) in [6.07, 6.45) is 0. The molecule has 0 bridgehead atoms. The first-order valence-corrected chi connectivity index (χ1v) is 8.89. The van der Waals surface area contributed by atoms with Gasteiger partial charge in [-0.15, -0.1) is 0 Å². The number of imide groups is 1. The van der Waals surface area contributed by atoms with Gasteiger partial charge >= 0.3 is 0 Å². The quantitative estimate of drug-likeness (QED) is 0.643. The standard InChI is InChI=1S/C21H15ClN2O3/c1-2-23(19(25)13-8-4-3-5-9-13)24-20(26)16-12-17(22)14-10-6-7-11-15(14)18(16)21(24)27/h3-12H,2H2,1H3. The third kappa shape index (κ3) is 2.59. The molecule has 0 atom stereocenters. The Balaban J connectivity index is 1.83. The molecule has 0 aliphatic carbocycles. The zero-order chi connectivity index (χ0) is 19.1. The van der Waals surface area contributed by atoms with Crippen molar-refractivity contribution in [2.75, 3.05) is 6.54 Å². The van der Waals surface area contributed by atoms with E-state index in [-0.39, 0.29) is 17.7 Å². The first-order valence-electron chi connectivity index (χ1n) is 8.51. The molecule has 3 aromatic carbocycles. The second-order valence-electron chi connectivity index (χ2n) is 6.14. The van der Waals surface area contributed by atoms with Gasteiger partial charge in [0, 0.05) is 22.5 Å². The Bertz CT molecular complexity index is 1100. The highest BCUT2D eigenvalue weighted by Gasteiger charge is 2.42. The van der Waals surface area contributed by atoms with E-state index in [0.717, 1.165) is 5.01 Å². The Kier molecular flexibility index (Phi) is 4.16. The summed E-state index contributed by atoms with van der Waals surface area (Å²) in [5.74, 6) is -1.48. The first kappa shape index (κ1) is 17.2. The van der Waals surface area contributed by atoms with Crippen LogP contribution in [-0.4, -0.2) is 34.3 Å². The van der Waals surface area contributed by atoms with Crippen LogP contribution in [0.4, 0.5) is 0 Å². The number of hydrogen-bond donors (Lipinski definition) is 0. The average Bonchev–Trinajstić information content (AvgIpc) is 2.94. The van der Waals surface area contributed by atoms with Gasteiger partial charge in [0.05, 0.1) is 11.1 Å². The molecular weight excluding hydrogens is 364 g/mol. The van der Waals surface area contributed by atoms with Crippen molar-refractivity contribution in [2.24, 2.45) is 0 Å². The van der Waals surface area contributed by atoms with Crippen molar-refractivity contribution < 1.29 is 14.4 Å². The molecule has 0 saturated carbocycles. The molecule has 0 N–H and O–H groups in total. The number of carbonyl (C=O) groups is 3. The van der Waals surface area contributed by atoms with E-state index in [1.807, 2.05) is 6.07 Å². The molecule has 0 fully saturated rings. The van der Waals surface area contributed by atoms with Gasteiger partial charge in [-0.3, -0.25) is 14.4 Å². The van der Waals surface area contributed by atoms with Crippen molar-refractivity contribution in [3.63, 3.8) is 0 Å². The van der Waals surface area contributed by atoms with Crippen molar-refractivity contribution in [2.45, 2.75) is 6.92 Å². The van der Waals surface area contributed by atoms with E-state index in [1.54, 1.807) is 55.5 Å². The van der Waals surface area contributed by atoms with Crippen molar-refractivity contribution in [1.29, 1.82) is 0 Å². The number of halogens is 1. The first-order chi connectivity index (χ1) is 13.0. The van der Waals surface area contributed by atoms with Crippen molar-refractivity contribution >= 4 is 40.1 Å². The van der Waals surface area contributed by atoms with Crippen LogP contribution < -0.4 is 0 Å². The maximum absolute atomic E-state index is 13.1. The van der Waals surface area contributed by atoms with Gasteiger partial charge < -0.3 is 0 Å². The molecule has 1 heterocycles. The Morgan fingerprint density at radius 3 is 2.26 bits per heavy atom. The Morgan fingerprint density at radius 1 is 0.963 bits per heavy atom. The minimum absolute atomic E-state index is 0.171. The van der Waals surface area contributed by atoms with E-state index in [1.165, 1.54) is 11.1 Å². The van der Waals surface area contributed by atoms with E-state index in [9.17, 15) is 14.4 Å². The second kappa shape index (κ2) is 6.52. The zero-order valence-corrected chi connectivity index (χ0v) is 15.2. The maximum atomic E-state index is 13.1. The van der Waals surface area contributed by atoms with Crippen LogP contribution in [0.5, 0.6) is 0 Å². The lowest BCUT2D eigenvalue weighted by molar-refractivity contribution is 0.00567. The SMILES string of the molecule is CCN(C(=O)c1ccccc1)N1C(=O)c2cc(Cl)c3ccccc3c2C1=O. The van der Waals surface area contributed by atoms with Gasteiger partial charge in [-0.25, -0.2) is 5.01 Å². The highest BCUT2D eigenvalue weighted by Crippen LogP contribution is 2.35. The predicted octanol–water partition coefficient (Wildman–Crippen LogP) is 4.17. The predicted molar refractivity (Wildman–Crippen MR) is 103 cm³/mol. The van der Waals surface area contributed by atoms with Gasteiger partial charge in [-0.05, 0) is 30.5 Å². The molecule has 5 nitrogen and oxygen atoms in total. The molecular formula is C21H15ClN2O3. The van der Waals surface area contributed by atoms with Gasteiger partial charge in [0.25, 0.3) is 17.7 Å². The smallest absolute Gasteiger partial charge is 0.267 e. The lowest BCUT2D eigenvalue weighted by Gasteiger charge is -2.28. The molecule has 0 aromatic heterocycles. The lowest BCUT2D eigenvalue weighted by Crippen LogP contribution is -2.49. The van der Waals surface area contributed by atoms with Crippen LogP contribution in [0.2, 0.25) is 5.02 Å². The minimum Gasteiger partial charge on any atom is -0.267 e. The fourth-order valence-electron chi connectivity index (χ4n) is 3.37.